The molecule has 3 rings (SSSR count). The molecular weight excluding hydrogens is 286 g/mol. The van der Waals surface area contributed by atoms with Gasteiger partial charge in [-0.25, -0.2) is 0 Å². The molecular formula is C15H17N3O2S. The van der Waals surface area contributed by atoms with Crippen LogP contribution in [0.5, 0.6) is 11.5 Å². The first-order valence-corrected chi connectivity index (χ1v) is 7.95. The summed E-state index contributed by atoms with van der Waals surface area (Å²) in [6.07, 6.45) is 3.86. The molecule has 2 aromatic rings. The summed E-state index contributed by atoms with van der Waals surface area (Å²) in [5.41, 5.74) is 0.902. The van der Waals surface area contributed by atoms with Gasteiger partial charge in [0.05, 0.1) is 19.2 Å². The molecule has 110 valence electrons. The predicted octanol–water partition coefficient (Wildman–Crippen LogP) is 2.35. The quantitative estimate of drug-likeness (QED) is 0.859. The number of nitrogens with one attached hydrogen (secondary N) is 1. The summed E-state index contributed by atoms with van der Waals surface area (Å²) in [4.78, 5) is 9.90. The van der Waals surface area contributed by atoms with E-state index in [9.17, 15) is 0 Å². The molecule has 21 heavy (non-hydrogen) atoms. The standard InChI is InChI=1S/C15H17N3O2S/c1-19-12-7-10-11(16-4-3-14(10)21-2)8-13(12)20-9-15-17-5-6-18-15/h3-4,7-8H,5-6,9H2,1-2H3,(H,17,18). The first-order chi connectivity index (χ1) is 10.3. The van der Waals surface area contributed by atoms with Crippen molar-refractivity contribution in [3.63, 3.8) is 0 Å². The van der Waals surface area contributed by atoms with Gasteiger partial charge >= 0.3 is 0 Å². The summed E-state index contributed by atoms with van der Waals surface area (Å²) >= 11 is 1.69. The molecule has 1 aromatic carbocycles. The van der Waals surface area contributed by atoms with Gasteiger partial charge in [-0.05, 0) is 18.4 Å². The van der Waals surface area contributed by atoms with Crippen LogP contribution in [0.2, 0.25) is 0 Å². The van der Waals surface area contributed by atoms with Crippen LogP contribution in [0.3, 0.4) is 0 Å². The van der Waals surface area contributed by atoms with Crippen LogP contribution in [-0.4, -0.2) is 43.9 Å². The van der Waals surface area contributed by atoms with Crippen molar-refractivity contribution in [3.05, 3.63) is 24.4 Å². The van der Waals surface area contributed by atoms with Gasteiger partial charge in [0.25, 0.3) is 0 Å². The van der Waals surface area contributed by atoms with Crippen molar-refractivity contribution < 1.29 is 9.47 Å². The second kappa shape index (κ2) is 6.22. The minimum absolute atomic E-state index is 0.421. The van der Waals surface area contributed by atoms with Crippen molar-refractivity contribution in [1.29, 1.82) is 0 Å². The molecule has 6 heteroatoms. The zero-order valence-corrected chi connectivity index (χ0v) is 12.9. The molecule has 1 aromatic heterocycles. The Balaban J connectivity index is 1.93. The monoisotopic (exact) mass is 303 g/mol. The SMILES string of the molecule is COc1cc2c(SC)ccnc2cc1OCC1=NCCN1. The summed E-state index contributed by atoms with van der Waals surface area (Å²) in [7, 11) is 1.65. The number of aromatic nitrogens is 1. The van der Waals surface area contributed by atoms with E-state index in [1.807, 2.05) is 24.4 Å². The molecule has 0 bridgehead atoms. The largest absolute Gasteiger partial charge is 0.493 e. The van der Waals surface area contributed by atoms with Crippen LogP contribution < -0.4 is 14.8 Å². The van der Waals surface area contributed by atoms with Gasteiger partial charge in [-0.15, -0.1) is 11.8 Å². The second-order valence-corrected chi connectivity index (χ2v) is 5.43. The van der Waals surface area contributed by atoms with Crippen LogP contribution in [0, 0.1) is 0 Å². The van der Waals surface area contributed by atoms with Gasteiger partial charge in [0.2, 0.25) is 0 Å². The number of thioether (sulfide) groups is 1. The first-order valence-electron chi connectivity index (χ1n) is 6.72. The lowest BCUT2D eigenvalue weighted by molar-refractivity contribution is 0.334. The highest BCUT2D eigenvalue weighted by atomic mass is 32.2. The predicted molar refractivity (Wildman–Crippen MR) is 85.9 cm³/mol. The molecule has 0 amide bonds. The fraction of sp³-hybridized carbons (Fsp3) is 0.333. The lowest BCUT2D eigenvalue weighted by Crippen LogP contribution is -2.24. The fourth-order valence-corrected chi connectivity index (χ4v) is 2.85. The van der Waals surface area contributed by atoms with Gasteiger partial charge in [0, 0.05) is 29.1 Å². The van der Waals surface area contributed by atoms with Crippen LogP contribution in [0.25, 0.3) is 10.9 Å². The van der Waals surface area contributed by atoms with E-state index in [4.69, 9.17) is 9.47 Å². The topological polar surface area (TPSA) is 55.7 Å². The van der Waals surface area contributed by atoms with E-state index >= 15 is 0 Å². The number of amidine groups is 1. The van der Waals surface area contributed by atoms with Gasteiger partial charge in [0.1, 0.15) is 12.4 Å². The molecule has 0 aliphatic carbocycles. The third kappa shape index (κ3) is 2.90. The lowest BCUT2D eigenvalue weighted by Gasteiger charge is -2.13. The highest BCUT2D eigenvalue weighted by Crippen LogP contribution is 2.35. The molecule has 1 aliphatic heterocycles. The second-order valence-electron chi connectivity index (χ2n) is 4.58. The number of hydrogen-bond acceptors (Lipinski definition) is 6. The van der Waals surface area contributed by atoms with E-state index in [0.29, 0.717) is 18.1 Å². The molecule has 1 N–H and O–H groups in total. The Morgan fingerprint density at radius 2 is 2.24 bits per heavy atom. The van der Waals surface area contributed by atoms with Gasteiger partial charge < -0.3 is 14.8 Å². The van der Waals surface area contributed by atoms with Crippen LogP contribution in [0.15, 0.2) is 34.3 Å². The average Bonchev–Trinajstić information content (AvgIpc) is 3.04. The Hall–Kier alpha value is -1.95. The molecule has 0 spiro atoms. The maximum atomic E-state index is 5.83. The van der Waals surface area contributed by atoms with Crippen LogP contribution >= 0.6 is 11.8 Å². The highest BCUT2D eigenvalue weighted by molar-refractivity contribution is 7.98. The van der Waals surface area contributed by atoms with Gasteiger partial charge in [-0.1, -0.05) is 0 Å². The number of nitrogens with zero attached hydrogens (tertiary/aromatic N) is 2. The molecule has 0 saturated carbocycles. The first kappa shape index (κ1) is 14.0. The van der Waals surface area contributed by atoms with Crippen LogP contribution in [0.1, 0.15) is 0 Å². The number of rotatable bonds is 5. The zero-order chi connectivity index (χ0) is 14.7. The van der Waals surface area contributed by atoms with E-state index in [2.05, 4.69) is 21.5 Å². The van der Waals surface area contributed by atoms with Gasteiger partial charge in [-0.3, -0.25) is 9.98 Å². The molecule has 0 atom stereocenters. The van der Waals surface area contributed by atoms with Crippen molar-refractivity contribution in [2.75, 3.05) is 33.1 Å². The summed E-state index contributed by atoms with van der Waals surface area (Å²) in [5.74, 6) is 2.28. The number of methoxy groups -OCH3 is 1. The number of fused-ring (bicyclic) bond motifs is 1. The van der Waals surface area contributed by atoms with Crippen molar-refractivity contribution in [2.24, 2.45) is 4.99 Å². The maximum Gasteiger partial charge on any atom is 0.164 e. The van der Waals surface area contributed by atoms with Crippen molar-refractivity contribution in [1.82, 2.24) is 10.3 Å². The third-order valence-corrected chi connectivity index (χ3v) is 4.11. The molecule has 5 nitrogen and oxygen atoms in total. The molecule has 1 aliphatic rings. The van der Waals surface area contributed by atoms with E-state index < -0.39 is 0 Å². The Kier molecular flexibility index (Phi) is 4.15. The Morgan fingerprint density at radius 1 is 1.33 bits per heavy atom. The van der Waals surface area contributed by atoms with Gasteiger partial charge in [0.15, 0.2) is 11.5 Å². The van der Waals surface area contributed by atoms with E-state index in [1.165, 1.54) is 4.90 Å². The van der Waals surface area contributed by atoms with E-state index in [-0.39, 0.29) is 0 Å². The normalized spacial score (nSPS) is 13.9. The molecule has 0 unspecified atom stereocenters. The van der Waals surface area contributed by atoms with Crippen LogP contribution in [-0.2, 0) is 0 Å². The number of pyridine rings is 1. The molecule has 0 fully saturated rings. The minimum Gasteiger partial charge on any atom is -0.493 e. The van der Waals surface area contributed by atoms with Crippen LogP contribution in [0.4, 0.5) is 0 Å². The summed E-state index contributed by atoms with van der Waals surface area (Å²) in [6, 6.07) is 5.90. The number of benzene rings is 1. The minimum atomic E-state index is 0.421. The van der Waals surface area contributed by atoms with Crippen molar-refractivity contribution in [2.45, 2.75) is 4.90 Å². The summed E-state index contributed by atoms with van der Waals surface area (Å²) in [6.45, 7) is 2.11. The summed E-state index contributed by atoms with van der Waals surface area (Å²) in [5, 5.41) is 4.26. The van der Waals surface area contributed by atoms with Gasteiger partial charge in [-0.2, -0.15) is 0 Å². The molecule has 2 heterocycles. The lowest BCUT2D eigenvalue weighted by atomic mass is 10.2. The smallest absolute Gasteiger partial charge is 0.164 e. The van der Waals surface area contributed by atoms with E-state index in [1.54, 1.807) is 18.9 Å². The zero-order valence-electron chi connectivity index (χ0n) is 12.0. The maximum absolute atomic E-state index is 5.83. The third-order valence-electron chi connectivity index (χ3n) is 3.31. The average molecular weight is 303 g/mol. The number of aliphatic imine (C=N–C) groups is 1. The van der Waals surface area contributed by atoms with E-state index in [0.717, 1.165) is 29.8 Å². The summed E-state index contributed by atoms with van der Waals surface area (Å²) < 4.78 is 11.3. The number of hydrogen-bond donors (Lipinski definition) is 1. The van der Waals surface area contributed by atoms with Crippen molar-refractivity contribution >= 4 is 28.5 Å². The number of ether oxygens (including phenoxy) is 2. The Morgan fingerprint density at radius 3 is 2.95 bits per heavy atom. The molecule has 0 saturated heterocycles. The highest BCUT2D eigenvalue weighted by Gasteiger charge is 2.12. The van der Waals surface area contributed by atoms with Crippen molar-refractivity contribution in [3.8, 4) is 11.5 Å². The molecule has 0 radical (unpaired) electrons. The Labute approximate surface area is 127 Å². The fourth-order valence-electron chi connectivity index (χ4n) is 2.27. The Bertz CT molecular complexity index is 688.